The summed E-state index contributed by atoms with van der Waals surface area (Å²) in [4.78, 5) is 22.8. The maximum Gasteiger partial charge on any atom is 0.279 e. The predicted octanol–water partition coefficient (Wildman–Crippen LogP) is 3.19. The summed E-state index contributed by atoms with van der Waals surface area (Å²) < 4.78 is 0. The number of quaternary nitrogens is 1. The van der Waals surface area contributed by atoms with E-state index in [1.54, 1.807) is 12.1 Å². The molecule has 6 heteroatoms. The molecule has 0 aliphatic rings. The normalized spacial score (nSPS) is 11.6. The Morgan fingerprint density at radius 1 is 1.00 bits per heavy atom. The number of carbonyl (C=O) groups is 1. The molecule has 0 unspecified atom stereocenters. The number of nitrogens with one attached hydrogen (secondary N) is 1. The molecule has 1 amide bonds. The first kappa shape index (κ1) is 19.3. The van der Waals surface area contributed by atoms with Gasteiger partial charge in [0.25, 0.3) is 11.6 Å². The van der Waals surface area contributed by atoms with Gasteiger partial charge >= 0.3 is 0 Å². The van der Waals surface area contributed by atoms with Gasteiger partial charge in [-0.2, -0.15) is 0 Å². The van der Waals surface area contributed by atoms with Crippen LogP contribution in [0.15, 0.2) is 78.9 Å². The van der Waals surface area contributed by atoms with Gasteiger partial charge in [-0.25, -0.2) is 0 Å². The van der Waals surface area contributed by atoms with Crippen LogP contribution in [0.4, 0.5) is 11.4 Å². The minimum Gasteiger partial charge on any atom is -0.328 e. The van der Waals surface area contributed by atoms with Crippen LogP contribution in [0, 0.1) is 17.0 Å². The number of benzene rings is 3. The van der Waals surface area contributed by atoms with E-state index in [0.29, 0.717) is 5.69 Å². The van der Waals surface area contributed by atoms with E-state index < -0.39 is 4.92 Å². The van der Waals surface area contributed by atoms with Gasteiger partial charge in [-0.1, -0.05) is 66.2 Å². The Bertz CT molecular complexity index is 956. The Kier molecular flexibility index (Phi) is 6.14. The average molecular weight is 376 g/mol. The van der Waals surface area contributed by atoms with Crippen LogP contribution in [-0.2, 0) is 4.79 Å². The lowest BCUT2D eigenvalue weighted by Gasteiger charge is -2.17. The molecule has 3 rings (SSSR count). The van der Waals surface area contributed by atoms with Gasteiger partial charge in [0.15, 0.2) is 6.54 Å². The highest BCUT2D eigenvalue weighted by Crippen LogP contribution is 2.19. The van der Waals surface area contributed by atoms with Crippen molar-refractivity contribution in [2.45, 2.75) is 13.0 Å². The molecule has 1 atom stereocenters. The van der Waals surface area contributed by atoms with Crippen LogP contribution in [0.1, 0.15) is 22.7 Å². The second kappa shape index (κ2) is 8.92. The van der Waals surface area contributed by atoms with E-state index in [9.17, 15) is 14.9 Å². The minimum absolute atomic E-state index is 0.0161. The Balaban J connectivity index is 1.71. The predicted molar refractivity (Wildman–Crippen MR) is 108 cm³/mol. The van der Waals surface area contributed by atoms with E-state index in [1.165, 1.54) is 17.7 Å². The van der Waals surface area contributed by atoms with Gasteiger partial charge in [0.05, 0.1) is 4.92 Å². The van der Waals surface area contributed by atoms with Crippen molar-refractivity contribution in [2.24, 2.45) is 0 Å². The third-order valence-corrected chi connectivity index (χ3v) is 4.47. The lowest BCUT2D eigenvalue weighted by molar-refractivity contribution is -0.676. The zero-order chi connectivity index (χ0) is 19.9. The number of nitrogens with zero attached hydrogens (tertiary/aromatic N) is 1. The average Bonchev–Trinajstić information content (AvgIpc) is 2.70. The molecule has 28 heavy (non-hydrogen) atoms. The van der Waals surface area contributed by atoms with Crippen LogP contribution >= 0.6 is 0 Å². The number of nitrogens with two attached hydrogens (primary N) is 1. The Labute approximate surface area is 163 Å². The van der Waals surface area contributed by atoms with Gasteiger partial charge in [-0.3, -0.25) is 14.9 Å². The van der Waals surface area contributed by atoms with E-state index in [-0.39, 0.29) is 24.2 Å². The smallest absolute Gasteiger partial charge is 0.279 e. The van der Waals surface area contributed by atoms with Gasteiger partial charge in [-0.15, -0.1) is 0 Å². The summed E-state index contributed by atoms with van der Waals surface area (Å²) in [6.45, 7) is 2.23. The highest BCUT2D eigenvalue weighted by atomic mass is 16.6. The number of rotatable bonds is 7. The van der Waals surface area contributed by atoms with Crippen LogP contribution in [0.25, 0.3) is 0 Å². The highest BCUT2D eigenvalue weighted by Gasteiger charge is 2.19. The van der Waals surface area contributed by atoms with Crippen molar-refractivity contribution in [3.8, 4) is 0 Å². The number of aryl methyl sites for hydroxylation is 1. The molecule has 0 aliphatic carbocycles. The van der Waals surface area contributed by atoms with Crippen molar-refractivity contribution in [2.75, 3.05) is 11.9 Å². The molecular formula is C22H22N3O3+. The first-order chi connectivity index (χ1) is 13.5. The molecule has 0 saturated heterocycles. The van der Waals surface area contributed by atoms with Gasteiger partial charge < -0.3 is 10.6 Å². The second-order valence-electron chi connectivity index (χ2n) is 6.59. The van der Waals surface area contributed by atoms with Crippen molar-refractivity contribution < 1.29 is 15.0 Å². The Morgan fingerprint density at radius 3 is 2.36 bits per heavy atom. The molecule has 3 N–H and O–H groups in total. The number of nitro benzene ring substituents is 1. The summed E-state index contributed by atoms with van der Waals surface area (Å²) in [6.07, 6.45) is 0. The van der Waals surface area contributed by atoms with E-state index >= 15 is 0 Å². The van der Waals surface area contributed by atoms with Crippen LogP contribution < -0.4 is 10.6 Å². The summed E-state index contributed by atoms with van der Waals surface area (Å²) in [7, 11) is 0. The van der Waals surface area contributed by atoms with Crippen LogP contribution in [0.2, 0.25) is 0 Å². The lowest BCUT2D eigenvalue weighted by atomic mass is 9.98. The number of carbonyl (C=O) groups excluding carboxylic acids is 1. The third kappa shape index (κ3) is 5.02. The van der Waals surface area contributed by atoms with Crippen molar-refractivity contribution in [3.05, 3.63) is 106 Å². The van der Waals surface area contributed by atoms with Gasteiger partial charge in [0.1, 0.15) is 6.04 Å². The molecule has 6 nitrogen and oxygen atoms in total. The number of hydrogen-bond acceptors (Lipinski definition) is 3. The summed E-state index contributed by atoms with van der Waals surface area (Å²) in [5.74, 6) is -0.214. The summed E-state index contributed by atoms with van der Waals surface area (Å²) in [6, 6.07) is 24.2. The fourth-order valence-electron chi connectivity index (χ4n) is 3.03. The van der Waals surface area contributed by atoms with Crippen molar-refractivity contribution >= 4 is 17.3 Å². The molecule has 3 aromatic rings. The number of anilines is 1. The maximum atomic E-state index is 12.4. The molecule has 0 heterocycles. The second-order valence-corrected chi connectivity index (χ2v) is 6.59. The molecule has 3 aromatic carbocycles. The Hall–Kier alpha value is -3.51. The standard InChI is InChI=1S/C22H21N3O3/c1-16-10-12-18(13-11-16)22(17-6-3-2-4-7-17)23-15-21(26)24-19-8-5-9-20(14-19)25(27)28/h2-14,22-23H,15H2,1H3,(H,24,26)/p+1/t22-/m1/s1. The van der Waals surface area contributed by atoms with E-state index in [2.05, 4.69) is 29.6 Å². The molecule has 0 bridgehead atoms. The minimum atomic E-state index is -0.482. The lowest BCUT2D eigenvalue weighted by Crippen LogP contribution is -2.87. The largest absolute Gasteiger partial charge is 0.328 e. The van der Waals surface area contributed by atoms with E-state index in [1.807, 2.05) is 42.6 Å². The Morgan fingerprint density at radius 2 is 1.68 bits per heavy atom. The van der Waals surface area contributed by atoms with Crippen LogP contribution in [0.5, 0.6) is 0 Å². The molecule has 0 aromatic heterocycles. The highest BCUT2D eigenvalue weighted by molar-refractivity contribution is 5.91. The number of hydrogen-bond donors (Lipinski definition) is 2. The van der Waals surface area contributed by atoms with Crippen molar-refractivity contribution in [3.63, 3.8) is 0 Å². The van der Waals surface area contributed by atoms with Gasteiger partial charge in [0, 0.05) is 28.9 Å². The third-order valence-electron chi connectivity index (χ3n) is 4.47. The van der Waals surface area contributed by atoms with Crippen LogP contribution in [0.3, 0.4) is 0 Å². The maximum absolute atomic E-state index is 12.4. The quantitative estimate of drug-likeness (QED) is 0.490. The monoisotopic (exact) mass is 376 g/mol. The summed E-state index contributed by atoms with van der Waals surface area (Å²) in [5, 5.41) is 15.6. The van der Waals surface area contributed by atoms with E-state index in [0.717, 1.165) is 11.1 Å². The number of nitro groups is 1. The van der Waals surface area contributed by atoms with Crippen molar-refractivity contribution in [1.29, 1.82) is 0 Å². The van der Waals surface area contributed by atoms with Crippen molar-refractivity contribution in [1.82, 2.24) is 0 Å². The van der Waals surface area contributed by atoms with Gasteiger partial charge in [-0.05, 0) is 13.0 Å². The molecule has 0 radical (unpaired) electrons. The molecule has 142 valence electrons. The summed E-state index contributed by atoms with van der Waals surface area (Å²) >= 11 is 0. The first-order valence-corrected chi connectivity index (χ1v) is 9.02. The zero-order valence-electron chi connectivity index (χ0n) is 15.5. The molecule has 0 aliphatic heterocycles. The fourth-order valence-corrected chi connectivity index (χ4v) is 3.03. The first-order valence-electron chi connectivity index (χ1n) is 9.02. The number of non-ortho nitro benzene ring substituents is 1. The van der Waals surface area contributed by atoms with Crippen LogP contribution in [-0.4, -0.2) is 17.4 Å². The fraction of sp³-hybridized carbons (Fsp3) is 0.136. The zero-order valence-corrected chi connectivity index (χ0v) is 15.5. The SMILES string of the molecule is Cc1ccc([C@H]([NH2+]CC(=O)Nc2cccc([N+](=O)[O-])c2)c2ccccc2)cc1. The number of amides is 1. The van der Waals surface area contributed by atoms with E-state index in [4.69, 9.17) is 0 Å². The topological polar surface area (TPSA) is 88.8 Å². The van der Waals surface area contributed by atoms with Gasteiger partial charge in [0.2, 0.25) is 0 Å². The molecule has 0 spiro atoms. The molecule has 0 saturated carbocycles. The molecule has 0 fully saturated rings. The summed E-state index contributed by atoms with van der Waals surface area (Å²) in [5.41, 5.74) is 3.76. The molecular weight excluding hydrogens is 354 g/mol.